The molecule has 1 amide bonds. The SMILES string of the molecule is Cc1cccc(C)c1N/C=C(/C#N)C(=O)NCC1CCCO1. The molecule has 1 aromatic rings. The van der Waals surface area contributed by atoms with Crippen LogP contribution in [0.3, 0.4) is 0 Å². The number of nitrogens with one attached hydrogen (secondary N) is 2. The van der Waals surface area contributed by atoms with Crippen LogP contribution in [0, 0.1) is 25.2 Å². The Hall–Kier alpha value is -2.32. The summed E-state index contributed by atoms with van der Waals surface area (Å²) in [6.07, 6.45) is 3.50. The molecule has 1 aromatic carbocycles. The monoisotopic (exact) mass is 299 g/mol. The van der Waals surface area contributed by atoms with Gasteiger partial charge in [0, 0.05) is 25.0 Å². The number of nitrogens with zero attached hydrogens (tertiary/aromatic N) is 1. The third-order valence-electron chi connectivity index (χ3n) is 3.72. The molecule has 1 unspecified atom stereocenters. The fourth-order valence-electron chi connectivity index (χ4n) is 2.44. The average molecular weight is 299 g/mol. The molecule has 2 rings (SSSR count). The Morgan fingerprint density at radius 1 is 1.45 bits per heavy atom. The van der Waals surface area contributed by atoms with E-state index in [1.807, 2.05) is 38.1 Å². The summed E-state index contributed by atoms with van der Waals surface area (Å²) in [5, 5.41) is 15.0. The van der Waals surface area contributed by atoms with Crippen molar-refractivity contribution in [3.05, 3.63) is 41.1 Å². The topological polar surface area (TPSA) is 74.2 Å². The molecule has 0 spiro atoms. The number of para-hydroxylation sites is 1. The standard InChI is InChI=1S/C17H21N3O2/c1-12-5-3-6-13(2)16(12)19-10-14(9-18)17(21)20-11-15-7-4-8-22-15/h3,5-6,10,15,19H,4,7-8,11H2,1-2H3,(H,20,21)/b14-10-. The van der Waals surface area contributed by atoms with Crippen LogP contribution in [0.4, 0.5) is 5.69 Å². The van der Waals surface area contributed by atoms with E-state index in [2.05, 4.69) is 10.6 Å². The van der Waals surface area contributed by atoms with Gasteiger partial charge in [0.2, 0.25) is 0 Å². The second-order valence-electron chi connectivity index (χ2n) is 5.43. The van der Waals surface area contributed by atoms with Crippen molar-refractivity contribution in [2.75, 3.05) is 18.5 Å². The molecule has 1 heterocycles. The molecule has 1 aliphatic rings. The molecule has 0 radical (unpaired) electrons. The highest BCUT2D eigenvalue weighted by atomic mass is 16.5. The summed E-state index contributed by atoms with van der Waals surface area (Å²) < 4.78 is 5.44. The van der Waals surface area contributed by atoms with Crippen LogP contribution in [0.5, 0.6) is 0 Å². The fourth-order valence-corrected chi connectivity index (χ4v) is 2.44. The van der Waals surface area contributed by atoms with E-state index in [9.17, 15) is 4.79 Å². The van der Waals surface area contributed by atoms with Crippen molar-refractivity contribution in [1.29, 1.82) is 5.26 Å². The zero-order valence-electron chi connectivity index (χ0n) is 13.0. The first-order chi connectivity index (χ1) is 10.6. The lowest BCUT2D eigenvalue weighted by Gasteiger charge is -2.11. The Labute approximate surface area is 131 Å². The van der Waals surface area contributed by atoms with Crippen LogP contribution >= 0.6 is 0 Å². The average Bonchev–Trinajstić information content (AvgIpc) is 3.01. The summed E-state index contributed by atoms with van der Waals surface area (Å²) in [7, 11) is 0. The molecule has 0 saturated carbocycles. The number of ether oxygens (including phenoxy) is 1. The molecule has 2 N–H and O–H groups in total. The van der Waals surface area contributed by atoms with Gasteiger partial charge in [-0.1, -0.05) is 18.2 Å². The summed E-state index contributed by atoms with van der Waals surface area (Å²) >= 11 is 0. The van der Waals surface area contributed by atoms with Gasteiger partial charge < -0.3 is 15.4 Å². The second kappa shape index (κ2) is 7.62. The van der Waals surface area contributed by atoms with Crippen LogP contribution in [0.1, 0.15) is 24.0 Å². The summed E-state index contributed by atoms with van der Waals surface area (Å²) in [6.45, 7) is 5.15. The van der Waals surface area contributed by atoms with Gasteiger partial charge in [-0.15, -0.1) is 0 Å². The van der Waals surface area contributed by atoms with Gasteiger partial charge in [0.1, 0.15) is 11.6 Å². The van der Waals surface area contributed by atoms with Gasteiger partial charge in [-0.05, 0) is 37.8 Å². The molecule has 5 nitrogen and oxygen atoms in total. The van der Waals surface area contributed by atoms with Crippen molar-refractivity contribution >= 4 is 11.6 Å². The van der Waals surface area contributed by atoms with Crippen LogP contribution in [0.2, 0.25) is 0 Å². The van der Waals surface area contributed by atoms with Gasteiger partial charge in [-0.25, -0.2) is 0 Å². The lowest BCUT2D eigenvalue weighted by molar-refractivity contribution is -0.117. The van der Waals surface area contributed by atoms with E-state index in [1.54, 1.807) is 0 Å². The first-order valence-electron chi connectivity index (χ1n) is 7.44. The third-order valence-corrected chi connectivity index (χ3v) is 3.72. The van der Waals surface area contributed by atoms with E-state index in [4.69, 9.17) is 10.00 Å². The predicted octanol–water partition coefficient (Wildman–Crippen LogP) is 2.42. The molecule has 22 heavy (non-hydrogen) atoms. The molecular weight excluding hydrogens is 278 g/mol. The van der Waals surface area contributed by atoms with E-state index in [0.29, 0.717) is 6.54 Å². The Kier molecular flexibility index (Phi) is 5.56. The van der Waals surface area contributed by atoms with Crippen molar-refractivity contribution in [3.8, 4) is 6.07 Å². The van der Waals surface area contributed by atoms with Gasteiger partial charge in [-0.2, -0.15) is 5.26 Å². The number of amides is 1. The Morgan fingerprint density at radius 2 is 2.18 bits per heavy atom. The summed E-state index contributed by atoms with van der Waals surface area (Å²) in [5.41, 5.74) is 3.10. The molecule has 0 bridgehead atoms. The Balaban J connectivity index is 1.98. The van der Waals surface area contributed by atoms with Crippen LogP contribution in [0.15, 0.2) is 30.0 Å². The number of hydrogen-bond donors (Lipinski definition) is 2. The van der Waals surface area contributed by atoms with Crippen LogP contribution < -0.4 is 10.6 Å². The Morgan fingerprint density at radius 3 is 2.77 bits per heavy atom. The highest BCUT2D eigenvalue weighted by Gasteiger charge is 2.17. The van der Waals surface area contributed by atoms with Gasteiger partial charge >= 0.3 is 0 Å². The minimum absolute atomic E-state index is 0.0562. The number of benzene rings is 1. The van der Waals surface area contributed by atoms with E-state index >= 15 is 0 Å². The first kappa shape index (κ1) is 16.1. The molecule has 0 aromatic heterocycles. The number of anilines is 1. The first-order valence-corrected chi connectivity index (χ1v) is 7.44. The van der Waals surface area contributed by atoms with E-state index in [1.165, 1.54) is 6.20 Å². The lowest BCUT2D eigenvalue weighted by atomic mass is 10.1. The highest BCUT2D eigenvalue weighted by Crippen LogP contribution is 2.19. The van der Waals surface area contributed by atoms with Crippen molar-refractivity contribution < 1.29 is 9.53 Å². The number of nitriles is 1. The maximum absolute atomic E-state index is 12.0. The maximum atomic E-state index is 12.0. The largest absolute Gasteiger partial charge is 0.376 e. The number of rotatable bonds is 5. The van der Waals surface area contributed by atoms with Crippen LogP contribution in [-0.2, 0) is 9.53 Å². The molecule has 1 saturated heterocycles. The van der Waals surface area contributed by atoms with Gasteiger partial charge in [-0.3, -0.25) is 4.79 Å². The summed E-state index contributed by atoms with van der Waals surface area (Å²) in [5.74, 6) is -0.378. The molecule has 5 heteroatoms. The van der Waals surface area contributed by atoms with Crippen LogP contribution in [-0.4, -0.2) is 25.2 Å². The van der Waals surface area contributed by atoms with Gasteiger partial charge in [0.25, 0.3) is 5.91 Å². The lowest BCUT2D eigenvalue weighted by Crippen LogP contribution is -2.32. The molecular formula is C17H21N3O2. The number of aryl methyl sites for hydroxylation is 2. The van der Waals surface area contributed by atoms with E-state index < -0.39 is 0 Å². The van der Waals surface area contributed by atoms with Gasteiger partial charge in [0.15, 0.2) is 0 Å². The zero-order valence-corrected chi connectivity index (χ0v) is 13.0. The quantitative estimate of drug-likeness (QED) is 0.647. The summed E-state index contributed by atoms with van der Waals surface area (Å²) in [6, 6.07) is 7.86. The maximum Gasteiger partial charge on any atom is 0.263 e. The zero-order chi connectivity index (χ0) is 15.9. The number of hydrogen-bond acceptors (Lipinski definition) is 4. The van der Waals surface area contributed by atoms with Crippen molar-refractivity contribution in [1.82, 2.24) is 5.32 Å². The van der Waals surface area contributed by atoms with Crippen molar-refractivity contribution in [3.63, 3.8) is 0 Å². The Bertz CT molecular complexity index is 591. The molecule has 0 aliphatic carbocycles. The number of carbonyl (C=O) groups is 1. The van der Waals surface area contributed by atoms with E-state index in [0.717, 1.165) is 36.3 Å². The smallest absolute Gasteiger partial charge is 0.263 e. The third kappa shape index (κ3) is 4.09. The second-order valence-corrected chi connectivity index (χ2v) is 5.43. The molecule has 1 fully saturated rings. The highest BCUT2D eigenvalue weighted by molar-refractivity contribution is 5.97. The van der Waals surface area contributed by atoms with E-state index in [-0.39, 0.29) is 17.6 Å². The number of carbonyl (C=O) groups excluding carboxylic acids is 1. The summed E-state index contributed by atoms with van der Waals surface area (Å²) in [4.78, 5) is 12.0. The normalized spacial score (nSPS) is 17.9. The van der Waals surface area contributed by atoms with Crippen LogP contribution in [0.25, 0.3) is 0 Å². The molecule has 1 aliphatic heterocycles. The minimum Gasteiger partial charge on any atom is -0.376 e. The predicted molar refractivity (Wildman–Crippen MR) is 85.2 cm³/mol. The molecule has 116 valence electrons. The van der Waals surface area contributed by atoms with Gasteiger partial charge in [0.05, 0.1) is 6.10 Å². The molecule has 1 atom stereocenters. The van der Waals surface area contributed by atoms with Crippen molar-refractivity contribution in [2.45, 2.75) is 32.8 Å². The fraction of sp³-hybridized carbons (Fsp3) is 0.412. The van der Waals surface area contributed by atoms with Crippen molar-refractivity contribution in [2.24, 2.45) is 0 Å². The minimum atomic E-state index is -0.378.